The molecule has 16 heavy (non-hydrogen) atoms. The zero-order valence-electron chi connectivity index (χ0n) is 11.1. The molecule has 0 saturated carbocycles. The highest BCUT2D eigenvalue weighted by molar-refractivity contribution is 4.87. The molecule has 0 aromatic heterocycles. The number of aliphatic hydroxyl groups excluding tert-OH is 2. The summed E-state index contributed by atoms with van der Waals surface area (Å²) in [6, 6.07) is 0. The van der Waals surface area contributed by atoms with Gasteiger partial charge in [0.2, 0.25) is 0 Å². The average Bonchev–Trinajstić information content (AvgIpc) is 2.61. The number of rotatable bonds is 5. The zero-order chi connectivity index (χ0) is 12.3. The summed E-state index contributed by atoms with van der Waals surface area (Å²) in [7, 11) is 0. The van der Waals surface area contributed by atoms with Gasteiger partial charge in [-0.1, -0.05) is 27.7 Å². The van der Waals surface area contributed by atoms with Gasteiger partial charge < -0.3 is 15.1 Å². The van der Waals surface area contributed by atoms with Crippen molar-refractivity contribution in [1.29, 1.82) is 0 Å². The van der Waals surface area contributed by atoms with Crippen molar-refractivity contribution in [3.8, 4) is 0 Å². The Kier molecular flexibility index (Phi) is 5.22. The minimum Gasteiger partial charge on any atom is -0.394 e. The van der Waals surface area contributed by atoms with Gasteiger partial charge in [0, 0.05) is 19.6 Å². The number of β-amino-alcohol motifs (C(OH)–C–C–N with tert-alkyl or cyclic N) is 1. The van der Waals surface area contributed by atoms with Gasteiger partial charge in [-0.15, -0.1) is 0 Å². The van der Waals surface area contributed by atoms with Crippen molar-refractivity contribution in [2.45, 2.75) is 33.8 Å². The summed E-state index contributed by atoms with van der Waals surface area (Å²) < 4.78 is 0. The van der Waals surface area contributed by atoms with Crippen LogP contribution >= 0.6 is 0 Å². The van der Waals surface area contributed by atoms with E-state index in [4.69, 9.17) is 5.11 Å². The third kappa shape index (κ3) is 3.44. The van der Waals surface area contributed by atoms with Gasteiger partial charge in [0.15, 0.2) is 0 Å². The summed E-state index contributed by atoms with van der Waals surface area (Å²) in [5.74, 6) is 2.85. The number of hydrogen-bond acceptors (Lipinski definition) is 3. The van der Waals surface area contributed by atoms with Crippen molar-refractivity contribution in [3.63, 3.8) is 0 Å². The Morgan fingerprint density at radius 3 is 1.81 bits per heavy atom. The Morgan fingerprint density at radius 1 is 1.06 bits per heavy atom. The largest absolute Gasteiger partial charge is 0.394 e. The van der Waals surface area contributed by atoms with Crippen LogP contribution in [0.2, 0.25) is 0 Å². The molecule has 1 heterocycles. The van der Waals surface area contributed by atoms with Crippen molar-refractivity contribution >= 4 is 0 Å². The molecule has 0 radical (unpaired) electrons. The standard InChI is InChI=1S/C13H27NO2/c1-9(2)12-6-14(5-11(16)8-15)7-13(12)10(3)4/h9-13,15-16H,5-8H2,1-4H3. The highest BCUT2D eigenvalue weighted by Crippen LogP contribution is 2.34. The van der Waals surface area contributed by atoms with Gasteiger partial charge in [0.05, 0.1) is 12.7 Å². The smallest absolute Gasteiger partial charge is 0.0897 e. The predicted molar refractivity (Wildman–Crippen MR) is 66.2 cm³/mol. The van der Waals surface area contributed by atoms with Crippen LogP contribution in [0.3, 0.4) is 0 Å². The molecule has 0 aliphatic carbocycles. The van der Waals surface area contributed by atoms with Crippen molar-refractivity contribution in [3.05, 3.63) is 0 Å². The maximum absolute atomic E-state index is 9.48. The summed E-state index contributed by atoms with van der Waals surface area (Å²) in [5, 5.41) is 18.3. The Morgan fingerprint density at radius 2 is 1.50 bits per heavy atom. The second kappa shape index (κ2) is 5.99. The van der Waals surface area contributed by atoms with Crippen LogP contribution in [0, 0.1) is 23.7 Å². The second-order valence-corrected chi connectivity index (χ2v) is 5.87. The molecule has 0 bridgehead atoms. The van der Waals surface area contributed by atoms with Crippen LogP contribution < -0.4 is 0 Å². The molecule has 1 rings (SSSR count). The molecule has 3 nitrogen and oxygen atoms in total. The van der Waals surface area contributed by atoms with E-state index in [9.17, 15) is 5.11 Å². The molecule has 0 aromatic carbocycles. The molecule has 0 amide bonds. The molecule has 1 aliphatic rings. The number of hydrogen-bond donors (Lipinski definition) is 2. The predicted octanol–water partition coefficient (Wildman–Crippen LogP) is 1.20. The minimum atomic E-state index is -0.585. The van der Waals surface area contributed by atoms with Gasteiger partial charge in [-0.05, 0) is 23.7 Å². The average molecular weight is 229 g/mol. The van der Waals surface area contributed by atoms with Gasteiger partial charge in [0.25, 0.3) is 0 Å². The number of aliphatic hydroxyl groups is 2. The Labute approximate surface area is 99.5 Å². The number of likely N-dealkylation sites (tertiary alicyclic amines) is 1. The molecule has 3 atom stereocenters. The maximum atomic E-state index is 9.48. The van der Waals surface area contributed by atoms with Crippen molar-refractivity contribution in [2.24, 2.45) is 23.7 Å². The molecular weight excluding hydrogens is 202 g/mol. The molecular formula is C13H27NO2. The van der Waals surface area contributed by atoms with Crippen LogP contribution in [0.4, 0.5) is 0 Å². The Hall–Kier alpha value is -0.120. The molecule has 1 fully saturated rings. The van der Waals surface area contributed by atoms with Crippen LogP contribution in [0.5, 0.6) is 0 Å². The third-order valence-electron chi connectivity index (χ3n) is 3.88. The normalized spacial score (nSPS) is 29.2. The van der Waals surface area contributed by atoms with E-state index in [2.05, 4.69) is 32.6 Å². The van der Waals surface area contributed by atoms with E-state index in [1.165, 1.54) is 0 Å². The summed E-state index contributed by atoms with van der Waals surface area (Å²) in [4.78, 5) is 2.30. The monoisotopic (exact) mass is 229 g/mol. The van der Waals surface area contributed by atoms with E-state index in [-0.39, 0.29) is 6.61 Å². The molecule has 3 unspecified atom stereocenters. The molecule has 3 heteroatoms. The number of nitrogens with zero attached hydrogens (tertiary/aromatic N) is 1. The van der Waals surface area contributed by atoms with E-state index in [1.807, 2.05) is 0 Å². The van der Waals surface area contributed by atoms with Crippen LogP contribution in [0.15, 0.2) is 0 Å². The van der Waals surface area contributed by atoms with E-state index in [0.29, 0.717) is 18.4 Å². The van der Waals surface area contributed by atoms with E-state index < -0.39 is 6.10 Å². The molecule has 1 aliphatic heterocycles. The van der Waals surface area contributed by atoms with Gasteiger partial charge in [0.1, 0.15) is 0 Å². The van der Waals surface area contributed by atoms with E-state index in [0.717, 1.165) is 24.9 Å². The highest BCUT2D eigenvalue weighted by atomic mass is 16.3. The molecule has 0 aromatic rings. The van der Waals surface area contributed by atoms with E-state index >= 15 is 0 Å². The van der Waals surface area contributed by atoms with Crippen molar-refractivity contribution in [2.75, 3.05) is 26.2 Å². The zero-order valence-corrected chi connectivity index (χ0v) is 11.1. The minimum absolute atomic E-state index is 0.130. The molecule has 2 N–H and O–H groups in total. The fraction of sp³-hybridized carbons (Fsp3) is 1.00. The van der Waals surface area contributed by atoms with E-state index in [1.54, 1.807) is 0 Å². The topological polar surface area (TPSA) is 43.7 Å². The first-order valence-corrected chi connectivity index (χ1v) is 6.47. The Balaban J connectivity index is 2.55. The SMILES string of the molecule is CC(C)C1CN(CC(O)CO)CC1C(C)C. The summed E-state index contributed by atoms with van der Waals surface area (Å²) in [6.45, 7) is 11.8. The van der Waals surface area contributed by atoms with Gasteiger partial charge >= 0.3 is 0 Å². The summed E-state index contributed by atoms with van der Waals surface area (Å²) >= 11 is 0. The summed E-state index contributed by atoms with van der Waals surface area (Å²) in [5.41, 5.74) is 0. The van der Waals surface area contributed by atoms with Crippen LogP contribution in [0.25, 0.3) is 0 Å². The van der Waals surface area contributed by atoms with Crippen LogP contribution in [-0.2, 0) is 0 Å². The molecule has 0 spiro atoms. The van der Waals surface area contributed by atoms with Crippen LogP contribution in [-0.4, -0.2) is 47.5 Å². The highest BCUT2D eigenvalue weighted by Gasteiger charge is 2.36. The van der Waals surface area contributed by atoms with Gasteiger partial charge in [-0.3, -0.25) is 0 Å². The van der Waals surface area contributed by atoms with Crippen LogP contribution in [0.1, 0.15) is 27.7 Å². The lowest BCUT2D eigenvalue weighted by atomic mass is 9.80. The fourth-order valence-corrected chi connectivity index (χ4v) is 2.86. The third-order valence-corrected chi connectivity index (χ3v) is 3.88. The van der Waals surface area contributed by atoms with Crippen molar-refractivity contribution in [1.82, 2.24) is 4.90 Å². The lowest BCUT2D eigenvalue weighted by molar-refractivity contribution is 0.0638. The Bertz CT molecular complexity index is 190. The van der Waals surface area contributed by atoms with Gasteiger partial charge in [-0.25, -0.2) is 0 Å². The lowest BCUT2D eigenvalue weighted by Crippen LogP contribution is -2.33. The van der Waals surface area contributed by atoms with Crippen molar-refractivity contribution < 1.29 is 10.2 Å². The first kappa shape index (κ1) is 13.9. The maximum Gasteiger partial charge on any atom is 0.0897 e. The van der Waals surface area contributed by atoms with Gasteiger partial charge in [-0.2, -0.15) is 0 Å². The second-order valence-electron chi connectivity index (χ2n) is 5.87. The lowest BCUT2D eigenvalue weighted by Gasteiger charge is -2.24. The molecule has 96 valence electrons. The fourth-order valence-electron chi connectivity index (χ4n) is 2.86. The summed E-state index contributed by atoms with van der Waals surface area (Å²) in [6.07, 6.45) is -0.585. The first-order valence-electron chi connectivity index (χ1n) is 6.47. The first-order chi connectivity index (χ1) is 7.45. The molecule has 1 saturated heterocycles. The quantitative estimate of drug-likeness (QED) is 0.744.